The van der Waals surface area contributed by atoms with E-state index in [1.165, 1.54) is 39.3 Å². The number of thioether (sulfide) groups is 1. The highest BCUT2D eigenvalue weighted by atomic mass is 127. The zero-order valence-electron chi connectivity index (χ0n) is 18.8. The lowest BCUT2D eigenvalue weighted by Gasteiger charge is -2.21. The van der Waals surface area contributed by atoms with Crippen LogP contribution in [-0.4, -0.2) is 9.20 Å². The van der Waals surface area contributed by atoms with Crippen LogP contribution in [0.3, 0.4) is 0 Å². The van der Waals surface area contributed by atoms with E-state index in [0.29, 0.717) is 9.34 Å². The highest BCUT2D eigenvalue weighted by Crippen LogP contribution is 2.37. The number of rotatable bonds is 7. The molecule has 30 heavy (non-hydrogen) atoms. The number of allylic oxidation sites excluding steroid dienone is 8. The first kappa shape index (κ1) is 23.6. The van der Waals surface area contributed by atoms with E-state index in [1.54, 1.807) is 0 Å². The summed E-state index contributed by atoms with van der Waals surface area (Å²) in [6.07, 6.45) is 15.8. The summed E-state index contributed by atoms with van der Waals surface area (Å²) in [5, 5.41) is 0. The smallest absolute Gasteiger partial charge is 0.188 e. The van der Waals surface area contributed by atoms with E-state index in [2.05, 4.69) is 93.6 Å². The number of carbonyl (C=O) groups is 1. The van der Waals surface area contributed by atoms with Gasteiger partial charge in [0, 0.05) is 19.5 Å². The number of Topliss-reactive ketones (excluding diaryl/α,β-unsaturated/α-hetero) is 1. The Balaban J connectivity index is 1.61. The third kappa shape index (κ3) is 6.23. The van der Waals surface area contributed by atoms with Crippen molar-refractivity contribution in [3.05, 3.63) is 75.3 Å². The molecule has 0 fully saturated rings. The van der Waals surface area contributed by atoms with Crippen LogP contribution < -0.4 is 0 Å². The number of ketones is 1. The Kier molecular flexibility index (Phi) is 7.89. The molecule has 0 bridgehead atoms. The van der Waals surface area contributed by atoms with Crippen molar-refractivity contribution in [2.45, 2.75) is 75.0 Å². The van der Waals surface area contributed by atoms with E-state index in [9.17, 15) is 4.79 Å². The Bertz CT molecular complexity index is 940. The van der Waals surface area contributed by atoms with Gasteiger partial charge in [0.25, 0.3) is 0 Å². The van der Waals surface area contributed by atoms with Gasteiger partial charge in [-0.3, -0.25) is 4.79 Å². The lowest BCUT2D eigenvalue weighted by atomic mass is 9.87. The van der Waals surface area contributed by atoms with Crippen molar-refractivity contribution in [2.75, 3.05) is 0 Å². The molecular formula is C27H33IOS. The molecule has 3 heteroatoms. The quantitative estimate of drug-likeness (QED) is 0.259. The third-order valence-electron chi connectivity index (χ3n) is 6.21. The first-order chi connectivity index (χ1) is 14.1. The van der Waals surface area contributed by atoms with Crippen LogP contribution in [0.4, 0.5) is 0 Å². The fourth-order valence-electron chi connectivity index (χ4n) is 3.84. The van der Waals surface area contributed by atoms with Crippen LogP contribution in [0.2, 0.25) is 0 Å². The van der Waals surface area contributed by atoms with Gasteiger partial charge in [-0.2, -0.15) is 0 Å². The molecule has 0 saturated carbocycles. The number of alkyl halides is 1. The molecule has 0 aliphatic heterocycles. The molecule has 1 atom stereocenters. The van der Waals surface area contributed by atoms with E-state index in [1.807, 2.05) is 17.8 Å². The van der Waals surface area contributed by atoms with Crippen molar-refractivity contribution in [1.29, 1.82) is 0 Å². The molecule has 0 saturated heterocycles. The first-order valence-electron chi connectivity index (χ1n) is 10.9. The van der Waals surface area contributed by atoms with Crippen LogP contribution in [0.5, 0.6) is 0 Å². The monoisotopic (exact) mass is 532 g/mol. The van der Waals surface area contributed by atoms with E-state index in [-0.39, 0.29) is 5.78 Å². The molecule has 1 aromatic rings. The van der Waals surface area contributed by atoms with Gasteiger partial charge in [0.1, 0.15) is 0 Å². The van der Waals surface area contributed by atoms with E-state index >= 15 is 0 Å². The fraction of sp³-hybridized carbons (Fsp3) is 0.444. The molecule has 0 radical (unpaired) electrons. The standard InChI is InChI=1S/C27H33IOS/c1-18-6-15-25(20(3)19(18)2)30-24-13-11-23(12-14-24)26(29)22-9-7-21(8-10-22)16-17-27(4,5)28/h6-7,9-11,13,15,21H,8,12,14,16-17H2,1-5H3. The van der Waals surface area contributed by atoms with Crippen molar-refractivity contribution >= 4 is 40.1 Å². The molecule has 0 amide bonds. The van der Waals surface area contributed by atoms with Crippen molar-refractivity contribution < 1.29 is 4.79 Å². The minimum atomic E-state index is 0.210. The van der Waals surface area contributed by atoms with Crippen molar-refractivity contribution in [3.63, 3.8) is 0 Å². The number of halogens is 1. The number of hydrogen-bond donors (Lipinski definition) is 0. The molecule has 2 aliphatic carbocycles. The van der Waals surface area contributed by atoms with Gasteiger partial charge in [0.05, 0.1) is 0 Å². The summed E-state index contributed by atoms with van der Waals surface area (Å²) in [5.41, 5.74) is 5.90. The van der Waals surface area contributed by atoms with Crippen LogP contribution >= 0.6 is 34.4 Å². The summed E-state index contributed by atoms with van der Waals surface area (Å²) in [6.45, 7) is 11.1. The molecular weight excluding hydrogens is 499 g/mol. The minimum absolute atomic E-state index is 0.210. The Morgan fingerprint density at radius 2 is 1.90 bits per heavy atom. The van der Waals surface area contributed by atoms with Crippen molar-refractivity contribution in [1.82, 2.24) is 0 Å². The molecule has 1 unspecified atom stereocenters. The topological polar surface area (TPSA) is 17.1 Å². The summed E-state index contributed by atoms with van der Waals surface area (Å²) < 4.78 is 0.343. The molecule has 1 nitrogen and oxygen atoms in total. The van der Waals surface area contributed by atoms with Gasteiger partial charge in [-0.1, -0.05) is 84.6 Å². The second kappa shape index (κ2) is 10.0. The highest BCUT2D eigenvalue weighted by Gasteiger charge is 2.21. The second-order valence-electron chi connectivity index (χ2n) is 9.16. The largest absolute Gasteiger partial charge is 0.289 e. The minimum Gasteiger partial charge on any atom is -0.289 e. The summed E-state index contributed by atoms with van der Waals surface area (Å²) in [7, 11) is 0. The maximum Gasteiger partial charge on any atom is 0.188 e. The molecule has 0 heterocycles. The molecule has 3 rings (SSSR count). The lowest BCUT2D eigenvalue weighted by Crippen LogP contribution is -2.14. The molecule has 0 spiro atoms. The molecule has 1 aromatic carbocycles. The van der Waals surface area contributed by atoms with Crippen molar-refractivity contribution in [2.24, 2.45) is 5.92 Å². The van der Waals surface area contributed by atoms with Gasteiger partial charge in [-0.05, 0) is 86.5 Å². The van der Waals surface area contributed by atoms with Gasteiger partial charge in [0.15, 0.2) is 5.78 Å². The SMILES string of the molecule is Cc1ccc(SC2=CC=C(C(=O)C3=CCC(CCC(C)(C)I)C=C3)CC2)c(C)c1C. The maximum absolute atomic E-state index is 13.0. The van der Waals surface area contributed by atoms with Crippen LogP contribution in [0.25, 0.3) is 0 Å². The predicted molar refractivity (Wildman–Crippen MR) is 140 cm³/mol. The van der Waals surface area contributed by atoms with Gasteiger partial charge >= 0.3 is 0 Å². The van der Waals surface area contributed by atoms with Gasteiger partial charge < -0.3 is 0 Å². The highest BCUT2D eigenvalue weighted by molar-refractivity contribution is 14.1. The molecule has 160 valence electrons. The Morgan fingerprint density at radius 3 is 2.50 bits per heavy atom. The Morgan fingerprint density at radius 1 is 1.13 bits per heavy atom. The number of benzene rings is 1. The number of aryl methyl sites for hydroxylation is 1. The van der Waals surface area contributed by atoms with Gasteiger partial charge in [0.2, 0.25) is 0 Å². The Hall–Kier alpha value is -1.07. The van der Waals surface area contributed by atoms with Crippen LogP contribution in [0.15, 0.2) is 63.5 Å². The van der Waals surface area contributed by atoms with Gasteiger partial charge in [-0.15, -0.1) is 0 Å². The average Bonchev–Trinajstić information content (AvgIpc) is 2.72. The zero-order chi connectivity index (χ0) is 21.9. The third-order valence-corrected chi connectivity index (χ3v) is 8.02. The van der Waals surface area contributed by atoms with Crippen LogP contribution in [-0.2, 0) is 4.79 Å². The normalized spacial score (nSPS) is 19.3. The fourth-order valence-corrected chi connectivity index (χ4v) is 5.21. The summed E-state index contributed by atoms with van der Waals surface area (Å²) in [6, 6.07) is 4.43. The van der Waals surface area contributed by atoms with Crippen LogP contribution in [0.1, 0.15) is 62.6 Å². The first-order valence-corrected chi connectivity index (χ1v) is 12.8. The molecule has 0 N–H and O–H groups in total. The molecule has 0 aromatic heterocycles. The summed E-state index contributed by atoms with van der Waals surface area (Å²) in [4.78, 5) is 15.6. The Labute approximate surface area is 200 Å². The van der Waals surface area contributed by atoms with Gasteiger partial charge in [-0.25, -0.2) is 0 Å². The van der Waals surface area contributed by atoms with E-state index in [4.69, 9.17) is 0 Å². The zero-order valence-corrected chi connectivity index (χ0v) is 21.8. The van der Waals surface area contributed by atoms with E-state index in [0.717, 1.165) is 30.4 Å². The predicted octanol–water partition coefficient (Wildman–Crippen LogP) is 8.37. The second-order valence-corrected chi connectivity index (χ2v) is 13.2. The number of carbonyl (C=O) groups excluding carboxylic acids is 1. The average molecular weight is 533 g/mol. The maximum atomic E-state index is 13.0. The lowest BCUT2D eigenvalue weighted by molar-refractivity contribution is -0.112. The molecule has 2 aliphatic rings. The number of hydrogen-bond acceptors (Lipinski definition) is 2. The summed E-state index contributed by atoms with van der Waals surface area (Å²) in [5.74, 6) is 0.779. The summed E-state index contributed by atoms with van der Waals surface area (Å²) >= 11 is 4.37. The van der Waals surface area contributed by atoms with Crippen LogP contribution in [0, 0.1) is 26.7 Å². The van der Waals surface area contributed by atoms with Crippen molar-refractivity contribution in [3.8, 4) is 0 Å². The van der Waals surface area contributed by atoms with E-state index < -0.39 is 0 Å².